The highest BCUT2D eigenvalue weighted by Crippen LogP contribution is 2.05. The zero-order chi connectivity index (χ0) is 13.3. The van der Waals surface area contributed by atoms with Crippen molar-refractivity contribution in [2.45, 2.75) is 58.9 Å². The van der Waals surface area contributed by atoms with Crippen molar-refractivity contribution >= 4 is 11.7 Å². The molecule has 1 unspecified atom stereocenters. The molecule has 0 aliphatic heterocycles. The molecule has 0 fully saturated rings. The van der Waals surface area contributed by atoms with Crippen molar-refractivity contribution in [1.82, 2.24) is 5.32 Å². The average molecular weight is 242 g/mol. The van der Waals surface area contributed by atoms with Gasteiger partial charge in [0, 0.05) is 18.9 Å². The van der Waals surface area contributed by atoms with Crippen molar-refractivity contribution in [2.75, 3.05) is 6.54 Å². The fourth-order valence-corrected chi connectivity index (χ4v) is 1.60. The van der Waals surface area contributed by atoms with E-state index in [1.54, 1.807) is 0 Å². The molecule has 0 aromatic heterocycles. The lowest BCUT2D eigenvalue weighted by molar-refractivity contribution is -0.123. The second kappa shape index (κ2) is 9.16. The molecule has 0 aliphatic rings. The van der Waals surface area contributed by atoms with Crippen LogP contribution in [-0.4, -0.2) is 24.3 Å². The first kappa shape index (κ1) is 16.1. The summed E-state index contributed by atoms with van der Waals surface area (Å²) < 4.78 is 0. The second-order valence-corrected chi connectivity index (χ2v) is 4.76. The average Bonchev–Trinajstić information content (AvgIpc) is 2.27. The van der Waals surface area contributed by atoms with Gasteiger partial charge in [-0.25, -0.2) is 0 Å². The van der Waals surface area contributed by atoms with Crippen LogP contribution in [0.1, 0.15) is 52.9 Å². The Kier molecular flexibility index (Phi) is 8.68. The summed E-state index contributed by atoms with van der Waals surface area (Å²) in [6, 6.07) is -0.346. The highest BCUT2D eigenvalue weighted by atomic mass is 16.1. The van der Waals surface area contributed by atoms with Crippen LogP contribution in [0.15, 0.2) is 0 Å². The van der Waals surface area contributed by atoms with E-state index in [-0.39, 0.29) is 23.7 Å². The van der Waals surface area contributed by atoms with Crippen molar-refractivity contribution in [1.29, 1.82) is 0 Å². The maximum absolute atomic E-state index is 11.5. The van der Waals surface area contributed by atoms with Gasteiger partial charge < -0.3 is 11.1 Å². The standard InChI is InChI=1S/C13H26N2O2/c1-4-7-12(16)15-9-6-5-8-11(14)13(17)10(2)3/h10-11H,4-9,14H2,1-3H3,(H,15,16). The highest BCUT2D eigenvalue weighted by molar-refractivity contribution is 5.85. The Bertz CT molecular complexity index is 240. The Hall–Kier alpha value is -0.900. The molecule has 1 atom stereocenters. The number of hydrogen-bond acceptors (Lipinski definition) is 3. The van der Waals surface area contributed by atoms with E-state index in [1.807, 2.05) is 20.8 Å². The van der Waals surface area contributed by atoms with E-state index in [1.165, 1.54) is 0 Å². The third-order valence-corrected chi connectivity index (χ3v) is 2.68. The number of hydrogen-bond donors (Lipinski definition) is 2. The molecule has 0 aromatic carbocycles. The molecule has 0 bridgehead atoms. The Morgan fingerprint density at radius 1 is 1.24 bits per heavy atom. The van der Waals surface area contributed by atoms with Crippen LogP contribution in [0.5, 0.6) is 0 Å². The summed E-state index contributed by atoms with van der Waals surface area (Å²) in [4.78, 5) is 22.7. The number of amides is 1. The Balaban J connectivity index is 3.52. The third-order valence-electron chi connectivity index (χ3n) is 2.68. The SMILES string of the molecule is CCCC(=O)NCCCCC(N)C(=O)C(C)C. The first-order chi connectivity index (χ1) is 7.99. The van der Waals surface area contributed by atoms with E-state index in [9.17, 15) is 9.59 Å². The van der Waals surface area contributed by atoms with Gasteiger partial charge in [0.25, 0.3) is 0 Å². The monoisotopic (exact) mass is 242 g/mol. The number of carbonyl (C=O) groups is 2. The van der Waals surface area contributed by atoms with E-state index < -0.39 is 0 Å². The molecule has 3 N–H and O–H groups in total. The van der Waals surface area contributed by atoms with Gasteiger partial charge in [-0.3, -0.25) is 9.59 Å². The second-order valence-electron chi connectivity index (χ2n) is 4.76. The molecule has 0 spiro atoms. The molecule has 17 heavy (non-hydrogen) atoms. The topological polar surface area (TPSA) is 72.2 Å². The van der Waals surface area contributed by atoms with Crippen molar-refractivity contribution in [2.24, 2.45) is 11.7 Å². The lowest BCUT2D eigenvalue weighted by atomic mass is 9.98. The Morgan fingerprint density at radius 2 is 1.88 bits per heavy atom. The number of carbonyl (C=O) groups excluding carboxylic acids is 2. The fraction of sp³-hybridized carbons (Fsp3) is 0.846. The Morgan fingerprint density at radius 3 is 2.41 bits per heavy atom. The van der Waals surface area contributed by atoms with Crippen LogP contribution in [0.3, 0.4) is 0 Å². The predicted molar refractivity (Wildman–Crippen MR) is 69.6 cm³/mol. The highest BCUT2D eigenvalue weighted by Gasteiger charge is 2.15. The van der Waals surface area contributed by atoms with Crippen LogP contribution in [0, 0.1) is 5.92 Å². The molecule has 0 heterocycles. The summed E-state index contributed by atoms with van der Waals surface area (Å²) in [6.07, 6.45) is 3.94. The van der Waals surface area contributed by atoms with Crippen molar-refractivity contribution in [3.8, 4) is 0 Å². The zero-order valence-corrected chi connectivity index (χ0v) is 11.3. The van der Waals surface area contributed by atoms with Crippen LogP contribution >= 0.6 is 0 Å². The lowest BCUT2D eigenvalue weighted by Crippen LogP contribution is -2.33. The number of Topliss-reactive ketones (excluding diaryl/α,β-unsaturated/α-hetero) is 1. The summed E-state index contributed by atoms with van der Waals surface area (Å²) >= 11 is 0. The van der Waals surface area contributed by atoms with Gasteiger partial charge >= 0.3 is 0 Å². The first-order valence-corrected chi connectivity index (χ1v) is 6.55. The van der Waals surface area contributed by atoms with Gasteiger partial charge in [0.05, 0.1) is 6.04 Å². The molecule has 4 nitrogen and oxygen atoms in total. The molecular formula is C13H26N2O2. The number of nitrogens with two attached hydrogens (primary N) is 1. The van der Waals surface area contributed by atoms with Crippen LogP contribution in [0.25, 0.3) is 0 Å². The van der Waals surface area contributed by atoms with Gasteiger partial charge in [0.1, 0.15) is 0 Å². The number of rotatable bonds is 9. The molecule has 1 amide bonds. The summed E-state index contributed by atoms with van der Waals surface area (Å²) in [7, 11) is 0. The number of ketones is 1. The van der Waals surface area contributed by atoms with Gasteiger partial charge in [-0.1, -0.05) is 20.8 Å². The molecule has 0 saturated carbocycles. The number of nitrogens with one attached hydrogen (secondary N) is 1. The van der Waals surface area contributed by atoms with Gasteiger partial charge in [-0.15, -0.1) is 0 Å². The van der Waals surface area contributed by atoms with E-state index in [2.05, 4.69) is 5.32 Å². The minimum atomic E-state index is -0.346. The van der Waals surface area contributed by atoms with Crippen LogP contribution < -0.4 is 11.1 Å². The zero-order valence-electron chi connectivity index (χ0n) is 11.3. The van der Waals surface area contributed by atoms with Crippen LogP contribution in [0.2, 0.25) is 0 Å². The summed E-state index contributed by atoms with van der Waals surface area (Å²) in [5.74, 6) is 0.240. The minimum absolute atomic E-state index is 0.00857. The van der Waals surface area contributed by atoms with E-state index in [4.69, 9.17) is 5.73 Å². The lowest BCUT2D eigenvalue weighted by Gasteiger charge is -2.12. The quantitative estimate of drug-likeness (QED) is 0.604. The van der Waals surface area contributed by atoms with Crippen LogP contribution in [-0.2, 0) is 9.59 Å². The molecule has 100 valence electrons. The maximum atomic E-state index is 11.5. The molecule has 0 rings (SSSR count). The van der Waals surface area contributed by atoms with Crippen molar-refractivity contribution in [3.05, 3.63) is 0 Å². The van der Waals surface area contributed by atoms with Crippen molar-refractivity contribution in [3.63, 3.8) is 0 Å². The largest absolute Gasteiger partial charge is 0.356 e. The maximum Gasteiger partial charge on any atom is 0.219 e. The van der Waals surface area contributed by atoms with Gasteiger partial charge in [-0.05, 0) is 25.7 Å². The number of unbranched alkanes of at least 4 members (excludes halogenated alkanes) is 1. The predicted octanol–water partition coefficient (Wildman–Crippen LogP) is 1.63. The molecule has 4 heteroatoms. The van der Waals surface area contributed by atoms with Gasteiger partial charge in [0.2, 0.25) is 5.91 Å². The summed E-state index contributed by atoms with van der Waals surface area (Å²) in [6.45, 7) is 6.40. The fourth-order valence-electron chi connectivity index (χ4n) is 1.60. The molecule has 0 aliphatic carbocycles. The molecule has 0 aromatic rings. The van der Waals surface area contributed by atoms with Gasteiger partial charge in [0.15, 0.2) is 5.78 Å². The van der Waals surface area contributed by atoms with Gasteiger partial charge in [-0.2, -0.15) is 0 Å². The molecule has 0 radical (unpaired) electrons. The van der Waals surface area contributed by atoms with Crippen LogP contribution in [0.4, 0.5) is 0 Å². The summed E-state index contributed by atoms with van der Waals surface area (Å²) in [5.41, 5.74) is 5.77. The third kappa shape index (κ3) is 7.91. The summed E-state index contributed by atoms with van der Waals surface area (Å²) in [5, 5.41) is 2.84. The first-order valence-electron chi connectivity index (χ1n) is 6.55. The van der Waals surface area contributed by atoms with E-state index in [0.717, 1.165) is 19.3 Å². The molecule has 0 saturated heterocycles. The minimum Gasteiger partial charge on any atom is -0.356 e. The van der Waals surface area contributed by atoms with E-state index in [0.29, 0.717) is 19.4 Å². The normalized spacial score (nSPS) is 12.5. The Labute approximate surface area is 104 Å². The molecular weight excluding hydrogens is 216 g/mol. The van der Waals surface area contributed by atoms with E-state index >= 15 is 0 Å². The van der Waals surface area contributed by atoms with Crippen molar-refractivity contribution < 1.29 is 9.59 Å². The smallest absolute Gasteiger partial charge is 0.219 e.